The van der Waals surface area contributed by atoms with Crippen molar-refractivity contribution in [2.75, 3.05) is 62.0 Å². The van der Waals surface area contributed by atoms with Crippen molar-refractivity contribution in [2.45, 2.75) is 44.4 Å². The van der Waals surface area contributed by atoms with Gasteiger partial charge in [0, 0.05) is 50.0 Å². The predicted octanol–water partition coefficient (Wildman–Crippen LogP) is 4.65. The third-order valence-corrected chi connectivity index (χ3v) is 10.6. The summed E-state index contributed by atoms with van der Waals surface area (Å²) in [5.74, 6) is -2.14. The van der Waals surface area contributed by atoms with E-state index in [0.29, 0.717) is 68.1 Å². The molecule has 0 radical (unpaired) electrons. The van der Waals surface area contributed by atoms with Crippen LogP contribution in [0.4, 0.5) is 30.4 Å². The van der Waals surface area contributed by atoms with Crippen LogP contribution in [0.2, 0.25) is 0 Å². The summed E-state index contributed by atoms with van der Waals surface area (Å²) in [7, 11) is 0. The summed E-state index contributed by atoms with van der Waals surface area (Å²) in [4.78, 5) is 72.6. The van der Waals surface area contributed by atoms with E-state index in [-0.39, 0.29) is 42.2 Å². The quantitative estimate of drug-likeness (QED) is 0.0531. The molecule has 334 valence electrons. The van der Waals surface area contributed by atoms with E-state index in [1.807, 2.05) is 0 Å². The van der Waals surface area contributed by atoms with E-state index in [2.05, 4.69) is 41.7 Å². The SMILES string of the molecule is O=C1CCC(N2C(=O)c3cccc(NCCOCCOCCNCc4ccc(-n5cc(NC(=O)c6cnc(-c7ccnc(NCC8CC8)c7)o6)c(C(F)(F)F)n5)cc4)c3C2=O)C(=O)N1. The average molecular weight is 885 g/mol. The lowest BCUT2D eigenvalue weighted by molar-refractivity contribution is -0.140. The fourth-order valence-corrected chi connectivity index (χ4v) is 7.12. The number of halogens is 3. The Bertz CT molecular complexity index is 2540. The number of alkyl halides is 3. The molecule has 1 unspecified atom stereocenters. The molecule has 2 fully saturated rings. The van der Waals surface area contributed by atoms with Crippen LogP contribution in [0.25, 0.3) is 17.1 Å². The Morgan fingerprint density at radius 1 is 0.891 bits per heavy atom. The Morgan fingerprint density at radius 3 is 2.42 bits per heavy atom. The lowest BCUT2D eigenvalue weighted by Gasteiger charge is -2.27. The molecule has 5 heterocycles. The maximum atomic E-state index is 14.0. The third kappa shape index (κ3) is 10.3. The Kier molecular flexibility index (Phi) is 13.1. The molecule has 2 aliphatic heterocycles. The van der Waals surface area contributed by atoms with Gasteiger partial charge in [0.1, 0.15) is 11.9 Å². The van der Waals surface area contributed by atoms with E-state index in [9.17, 15) is 37.1 Å². The third-order valence-electron chi connectivity index (χ3n) is 10.6. The molecule has 3 aromatic heterocycles. The van der Waals surface area contributed by atoms with Crippen LogP contribution in [0.1, 0.15) is 68.2 Å². The number of rotatable bonds is 20. The number of oxazole rings is 1. The topological polar surface area (TPSA) is 224 Å². The normalized spacial score (nSPS) is 16.2. The van der Waals surface area contributed by atoms with Gasteiger partial charge in [-0.15, -0.1) is 0 Å². The highest BCUT2D eigenvalue weighted by Crippen LogP contribution is 2.36. The van der Waals surface area contributed by atoms with Crippen LogP contribution in [0.3, 0.4) is 0 Å². The number of hydrogen-bond donors (Lipinski definition) is 5. The lowest BCUT2D eigenvalue weighted by atomic mass is 10.0. The van der Waals surface area contributed by atoms with Crippen molar-refractivity contribution in [1.82, 2.24) is 35.3 Å². The molecule has 0 bridgehead atoms. The number of aromatic nitrogens is 4. The summed E-state index contributed by atoms with van der Waals surface area (Å²) in [5.41, 5.74) is 0.709. The molecule has 21 heteroatoms. The van der Waals surface area contributed by atoms with E-state index < -0.39 is 53.1 Å². The number of imide groups is 2. The fraction of sp³-hybridized carbons (Fsp3) is 0.349. The van der Waals surface area contributed by atoms with Crippen LogP contribution in [-0.4, -0.2) is 106 Å². The molecular formula is C43H43F3N10O8. The van der Waals surface area contributed by atoms with Crippen LogP contribution in [-0.2, 0) is 31.8 Å². The number of pyridine rings is 1. The number of hydrogen-bond acceptors (Lipinski definition) is 14. The second-order valence-corrected chi connectivity index (χ2v) is 15.2. The number of carbonyl (C=O) groups excluding carboxylic acids is 5. The molecule has 64 heavy (non-hydrogen) atoms. The minimum Gasteiger partial charge on any atom is -0.431 e. The van der Waals surface area contributed by atoms with Gasteiger partial charge in [0.25, 0.3) is 17.7 Å². The zero-order valence-electron chi connectivity index (χ0n) is 34.2. The van der Waals surface area contributed by atoms with Gasteiger partial charge in [-0.2, -0.15) is 18.3 Å². The number of anilines is 3. The van der Waals surface area contributed by atoms with E-state index in [4.69, 9.17) is 13.9 Å². The zero-order chi connectivity index (χ0) is 44.8. The van der Waals surface area contributed by atoms with Crippen LogP contribution in [0.15, 0.2) is 77.6 Å². The highest BCUT2D eigenvalue weighted by Gasteiger charge is 2.45. The fourth-order valence-electron chi connectivity index (χ4n) is 7.12. The van der Waals surface area contributed by atoms with E-state index >= 15 is 0 Å². The van der Waals surface area contributed by atoms with Crippen molar-refractivity contribution in [1.29, 1.82) is 0 Å². The van der Waals surface area contributed by atoms with Crippen LogP contribution in [0, 0.1) is 5.92 Å². The van der Waals surface area contributed by atoms with Gasteiger partial charge < -0.3 is 35.2 Å². The van der Waals surface area contributed by atoms with Crippen molar-refractivity contribution in [3.05, 3.63) is 101 Å². The maximum Gasteiger partial charge on any atom is 0.437 e. The smallest absolute Gasteiger partial charge is 0.431 e. The van der Waals surface area contributed by atoms with Crippen molar-refractivity contribution in [3.63, 3.8) is 0 Å². The van der Waals surface area contributed by atoms with Gasteiger partial charge in [-0.25, -0.2) is 14.6 Å². The molecule has 3 aliphatic rings. The molecule has 5 amide bonds. The van der Waals surface area contributed by atoms with Crippen molar-refractivity contribution in [3.8, 4) is 17.1 Å². The molecule has 5 N–H and O–H groups in total. The summed E-state index contributed by atoms with van der Waals surface area (Å²) >= 11 is 0. The van der Waals surface area contributed by atoms with Crippen molar-refractivity contribution in [2.24, 2.45) is 5.92 Å². The van der Waals surface area contributed by atoms with E-state index in [1.54, 1.807) is 54.7 Å². The number of nitrogens with zero attached hydrogens (tertiary/aromatic N) is 5. The first-order chi connectivity index (χ1) is 30.9. The van der Waals surface area contributed by atoms with Gasteiger partial charge in [-0.05, 0) is 67.1 Å². The number of nitrogens with one attached hydrogen (secondary N) is 5. The largest absolute Gasteiger partial charge is 0.437 e. The number of benzene rings is 2. The Balaban J connectivity index is 0.739. The molecule has 1 saturated carbocycles. The molecule has 2 aromatic carbocycles. The number of fused-ring (bicyclic) bond motifs is 1. The molecule has 1 aliphatic carbocycles. The second kappa shape index (κ2) is 19.2. The average Bonchev–Trinajstić information content (AvgIpc) is 3.67. The zero-order valence-corrected chi connectivity index (χ0v) is 34.2. The van der Waals surface area contributed by atoms with Crippen molar-refractivity contribution >= 4 is 46.7 Å². The second-order valence-electron chi connectivity index (χ2n) is 15.2. The molecule has 8 rings (SSSR count). The summed E-state index contributed by atoms with van der Waals surface area (Å²) < 4.78 is 60.0. The van der Waals surface area contributed by atoms with Gasteiger partial charge in [0.05, 0.1) is 61.3 Å². The van der Waals surface area contributed by atoms with E-state index in [1.165, 1.54) is 18.9 Å². The number of piperidine rings is 1. The van der Waals surface area contributed by atoms with Crippen LogP contribution in [0.5, 0.6) is 0 Å². The highest BCUT2D eigenvalue weighted by molar-refractivity contribution is 6.25. The van der Waals surface area contributed by atoms with Gasteiger partial charge >= 0.3 is 6.18 Å². The number of amides is 5. The Morgan fingerprint density at radius 2 is 1.67 bits per heavy atom. The molecule has 1 atom stereocenters. The first-order valence-corrected chi connectivity index (χ1v) is 20.6. The predicted molar refractivity (Wildman–Crippen MR) is 222 cm³/mol. The monoisotopic (exact) mass is 884 g/mol. The molecule has 18 nitrogen and oxygen atoms in total. The number of ether oxygens (including phenoxy) is 2. The van der Waals surface area contributed by atoms with Gasteiger partial charge in [0.15, 0.2) is 5.69 Å². The van der Waals surface area contributed by atoms with Gasteiger partial charge in [0.2, 0.25) is 23.5 Å². The van der Waals surface area contributed by atoms with Crippen LogP contribution >= 0.6 is 0 Å². The number of carbonyl (C=O) groups is 5. The maximum absolute atomic E-state index is 14.0. The van der Waals surface area contributed by atoms with Crippen molar-refractivity contribution < 1.29 is 51.0 Å². The van der Waals surface area contributed by atoms with E-state index in [0.717, 1.165) is 34.1 Å². The molecular weight excluding hydrogens is 842 g/mol. The van der Waals surface area contributed by atoms with Gasteiger partial charge in [-0.3, -0.25) is 34.2 Å². The minimum absolute atomic E-state index is 0.0353. The van der Waals surface area contributed by atoms with Crippen LogP contribution < -0.4 is 26.6 Å². The summed E-state index contributed by atoms with van der Waals surface area (Å²) in [6.45, 7) is 3.38. The standard InChI is InChI=1S/C43H43F3N10O8/c44-43(45,46)37-31(52-39(59)33-23-51-40(64-33)27-12-13-49-34(20-27)50-22-26-4-5-26)24-55(54-37)28-8-6-25(7-9-28)21-47-14-16-62-18-19-63-17-15-48-30-3-1-2-29-36(30)42(61)56(41(29)60)32-10-11-35(57)53-38(32)58/h1-3,6-9,12-13,20,23-24,26,32,47-48H,4-5,10-11,14-19,21-22H2,(H,49,50)(H,52,59)(H,53,57,58). The highest BCUT2D eigenvalue weighted by atomic mass is 19.4. The summed E-state index contributed by atoms with van der Waals surface area (Å²) in [5, 5.41) is 17.8. The minimum atomic E-state index is -4.86. The molecule has 1 saturated heterocycles. The summed E-state index contributed by atoms with van der Waals surface area (Å²) in [6.07, 6.45) is 1.39. The molecule has 0 spiro atoms. The molecule has 5 aromatic rings. The van der Waals surface area contributed by atoms with Gasteiger partial charge in [-0.1, -0.05) is 18.2 Å². The Labute approximate surface area is 363 Å². The first kappa shape index (κ1) is 43.7. The lowest BCUT2D eigenvalue weighted by Crippen LogP contribution is -2.54. The Hall–Kier alpha value is -6.97. The first-order valence-electron chi connectivity index (χ1n) is 20.6. The summed E-state index contributed by atoms with van der Waals surface area (Å²) in [6, 6.07) is 13.9.